The third kappa shape index (κ3) is 1.61. The Hall–Kier alpha value is -1.45. The molecule has 2 nitrogen and oxygen atoms in total. The molecule has 0 fully saturated rings. The fourth-order valence-corrected chi connectivity index (χ4v) is 5.16. The first kappa shape index (κ1) is 14.2. The highest BCUT2D eigenvalue weighted by Gasteiger charge is 2.67. The minimum Gasteiger partial charge on any atom is -0.480 e. The molecular formula is C18H16ClNOS. The van der Waals surface area contributed by atoms with Gasteiger partial charge in [-0.15, -0.1) is 11.8 Å². The van der Waals surface area contributed by atoms with E-state index in [1.54, 1.807) is 0 Å². The molecule has 2 aromatic carbocycles. The Morgan fingerprint density at radius 3 is 2.68 bits per heavy atom. The summed E-state index contributed by atoms with van der Waals surface area (Å²) in [4.78, 5) is 6.17. The number of aliphatic imine (C=N–C) groups is 1. The number of halogens is 1. The van der Waals surface area contributed by atoms with E-state index in [0.717, 1.165) is 10.9 Å². The molecule has 0 saturated carbocycles. The molecule has 0 spiro atoms. The van der Waals surface area contributed by atoms with Gasteiger partial charge in [0.2, 0.25) is 5.90 Å². The van der Waals surface area contributed by atoms with Gasteiger partial charge in [0.05, 0.1) is 6.61 Å². The second-order valence-corrected chi connectivity index (χ2v) is 7.60. The van der Waals surface area contributed by atoms with Crippen molar-refractivity contribution < 1.29 is 4.74 Å². The average molecular weight is 330 g/mol. The Bertz CT molecular complexity index is 776. The Balaban J connectivity index is 1.97. The van der Waals surface area contributed by atoms with E-state index in [2.05, 4.69) is 37.3 Å². The molecule has 2 aliphatic rings. The van der Waals surface area contributed by atoms with Crippen molar-refractivity contribution in [2.24, 2.45) is 4.99 Å². The lowest BCUT2D eigenvalue weighted by atomic mass is 9.69. The van der Waals surface area contributed by atoms with Gasteiger partial charge in [0.15, 0.2) is 0 Å². The number of rotatable bonds is 2. The molecular weight excluding hydrogens is 314 g/mol. The summed E-state index contributed by atoms with van der Waals surface area (Å²) < 4.78 is 5.59. The topological polar surface area (TPSA) is 21.6 Å². The standard InChI is InChI=1S/C18H16ClNOS/c1-3-21-16-17(2)18(20-16,12-7-5-4-6-8-12)14-11-13(19)9-10-15(14)22-17/h4-11H,3H2,1-2H3. The van der Waals surface area contributed by atoms with Crippen LogP contribution in [0.4, 0.5) is 0 Å². The van der Waals surface area contributed by atoms with Gasteiger partial charge in [0.1, 0.15) is 10.3 Å². The molecule has 0 N–H and O–H groups in total. The quantitative estimate of drug-likeness (QED) is 0.781. The Morgan fingerprint density at radius 2 is 1.95 bits per heavy atom. The SMILES string of the molecule is CCOC1=NC2(c3ccccc3)c3cc(Cl)ccc3SC12C. The van der Waals surface area contributed by atoms with Crippen molar-refractivity contribution in [1.29, 1.82) is 0 Å². The summed E-state index contributed by atoms with van der Waals surface area (Å²) in [7, 11) is 0. The summed E-state index contributed by atoms with van der Waals surface area (Å²) in [6.07, 6.45) is 0. The van der Waals surface area contributed by atoms with E-state index >= 15 is 0 Å². The molecule has 2 heterocycles. The number of fused-ring (bicyclic) bond motifs is 3. The Morgan fingerprint density at radius 1 is 1.18 bits per heavy atom. The number of ether oxygens (including phenoxy) is 1. The minimum atomic E-state index is -0.399. The maximum atomic E-state index is 6.26. The molecule has 0 aromatic heterocycles. The van der Waals surface area contributed by atoms with Gasteiger partial charge < -0.3 is 4.74 Å². The van der Waals surface area contributed by atoms with Gasteiger partial charge in [-0.25, -0.2) is 4.99 Å². The van der Waals surface area contributed by atoms with Crippen LogP contribution in [0.1, 0.15) is 25.0 Å². The van der Waals surface area contributed by atoms with Crippen LogP contribution in [0.2, 0.25) is 5.02 Å². The zero-order chi connectivity index (χ0) is 15.4. The summed E-state index contributed by atoms with van der Waals surface area (Å²) in [5.41, 5.74) is 1.97. The Kier molecular flexibility index (Phi) is 3.07. The summed E-state index contributed by atoms with van der Waals surface area (Å²) in [6.45, 7) is 4.85. The van der Waals surface area contributed by atoms with Crippen LogP contribution in [0.15, 0.2) is 58.4 Å². The van der Waals surface area contributed by atoms with E-state index in [-0.39, 0.29) is 4.75 Å². The van der Waals surface area contributed by atoms with Crippen molar-refractivity contribution in [3.63, 3.8) is 0 Å². The van der Waals surface area contributed by atoms with Crippen molar-refractivity contribution in [2.75, 3.05) is 6.61 Å². The van der Waals surface area contributed by atoms with Crippen LogP contribution >= 0.6 is 23.4 Å². The summed E-state index contributed by atoms with van der Waals surface area (Å²) in [5, 5.41) is 0.749. The molecule has 2 aromatic rings. The average Bonchev–Trinajstić information content (AvgIpc) is 2.72. The van der Waals surface area contributed by atoms with Crippen LogP contribution in [0.3, 0.4) is 0 Å². The van der Waals surface area contributed by atoms with Gasteiger partial charge >= 0.3 is 0 Å². The highest BCUT2D eigenvalue weighted by molar-refractivity contribution is 8.02. The smallest absolute Gasteiger partial charge is 0.204 e. The van der Waals surface area contributed by atoms with Crippen LogP contribution in [-0.4, -0.2) is 17.3 Å². The number of hydrogen-bond acceptors (Lipinski definition) is 3. The molecule has 0 bridgehead atoms. The summed E-state index contributed by atoms with van der Waals surface area (Å²) in [6, 6.07) is 16.5. The van der Waals surface area contributed by atoms with E-state index in [4.69, 9.17) is 21.3 Å². The molecule has 4 heteroatoms. The normalized spacial score (nSPS) is 28.4. The maximum Gasteiger partial charge on any atom is 0.204 e. The molecule has 0 amide bonds. The molecule has 2 atom stereocenters. The lowest BCUT2D eigenvalue weighted by Crippen LogP contribution is -2.59. The fourth-order valence-electron chi connectivity index (χ4n) is 3.48. The lowest BCUT2D eigenvalue weighted by molar-refractivity contribution is 0.252. The van der Waals surface area contributed by atoms with Gasteiger partial charge in [-0.1, -0.05) is 41.9 Å². The van der Waals surface area contributed by atoms with Crippen molar-refractivity contribution in [3.05, 3.63) is 64.7 Å². The van der Waals surface area contributed by atoms with E-state index in [1.807, 2.05) is 36.9 Å². The van der Waals surface area contributed by atoms with Crippen LogP contribution < -0.4 is 0 Å². The molecule has 0 saturated heterocycles. The molecule has 0 aliphatic carbocycles. The third-order valence-corrected chi connectivity index (χ3v) is 6.18. The molecule has 22 heavy (non-hydrogen) atoms. The van der Waals surface area contributed by atoms with Crippen LogP contribution in [0, 0.1) is 0 Å². The molecule has 112 valence electrons. The van der Waals surface area contributed by atoms with Gasteiger partial charge in [0, 0.05) is 15.5 Å². The number of nitrogens with zero attached hydrogens (tertiary/aromatic N) is 1. The van der Waals surface area contributed by atoms with Crippen molar-refractivity contribution in [1.82, 2.24) is 0 Å². The highest BCUT2D eigenvalue weighted by atomic mass is 35.5. The largest absolute Gasteiger partial charge is 0.480 e. The van der Waals surface area contributed by atoms with E-state index in [0.29, 0.717) is 6.61 Å². The molecule has 2 aliphatic heterocycles. The van der Waals surface area contributed by atoms with E-state index in [9.17, 15) is 0 Å². The van der Waals surface area contributed by atoms with Gasteiger partial charge in [-0.05, 0) is 37.6 Å². The monoisotopic (exact) mass is 329 g/mol. The van der Waals surface area contributed by atoms with E-state index in [1.165, 1.54) is 16.0 Å². The summed E-state index contributed by atoms with van der Waals surface area (Å²) in [5.74, 6) is 0.830. The van der Waals surface area contributed by atoms with Crippen LogP contribution in [0.25, 0.3) is 0 Å². The first-order valence-electron chi connectivity index (χ1n) is 7.39. The van der Waals surface area contributed by atoms with Crippen LogP contribution in [-0.2, 0) is 10.3 Å². The molecule has 0 radical (unpaired) electrons. The maximum absolute atomic E-state index is 6.26. The van der Waals surface area contributed by atoms with Crippen molar-refractivity contribution in [3.8, 4) is 0 Å². The fraction of sp³-hybridized carbons (Fsp3) is 0.278. The van der Waals surface area contributed by atoms with Crippen LogP contribution in [0.5, 0.6) is 0 Å². The number of benzene rings is 2. The molecule has 4 rings (SSSR count). The first-order chi connectivity index (χ1) is 10.6. The Labute approximate surface area is 139 Å². The second-order valence-electron chi connectivity index (χ2n) is 5.70. The number of hydrogen-bond donors (Lipinski definition) is 0. The second kappa shape index (κ2) is 4.77. The molecule has 2 unspecified atom stereocenters. The third-order valence-electron chi connectivity index (χ3n) is 4.49. The zero-order valence-corrected chi connectivity index (χ0v) is 14.0. The lowest BCUT2D eigenvalue weighted by Gasteiger charge is -2.48. The van der Waals surface area contributed by atoms with Crippen molar-refractivity contribution >= 4 is 29.3 Å². The number of thioether (sulfide) groups is 1. The zero-order valence-electron chi connectivity index (χ0n) is 12.5. The van der Waals surface area contributed by atoms with E-state index < -0.39 is 5.54 Å². The highest BCUT2D eigenvalue weighted by Crippen LogP contribution is 2.66. The van der Waals surface area contributed by atoms with Gasteiger partial charge in [-0.2, -0.15) is 0 Å². The summed E-state index contributed by atoms with van der Waals surface area (Å²) >= 11 is 8.09. The predicted octanol–water partition coefficient (Wildman–Crippen LogP) is 4.90. The first-order valence-corrected chi connectivity index (χ1v) is 8.59. The van der Waals surface area contributed by atoms with Gasteiger partial charge in [0.25, 0.3) is 0 Å². The van der Waals surface area contributed by atoms with Gasteiger partial charge in [-0.3, -0.25) is 0 Å². The minimum absolute atomic E-state index is 0.211. The predicted molar refractivity (Wildman–Crippen MR) is 92.0 cm³/mol. The van der Waals surface area contributed by atoms with Crippen molar-refractivity contribution in [2.45, 2.75) is 29.0 Å².